The molecule has 2 rings (SSSR count). The predicted molar refractivity (Wildman–Crippen MR) is 68.6 cm³/mol. The Morgan fingerprint density at radius 3 is 2.11 bits per heavy atom. The third-order valence-electron chi connectivity index (χ3n) is 2.30. The second-order valence-corrected chi connectivity index (χ2v) is 5.77. The zero-order valence-corrected chi connectivity index (χ0v) is 11.0. The van der Waals surface area contributed by atoms with Gasteiger partial charge in [0.25, 0.3) is 10.0 Å². The quantitative estimate of drug-likeness (QED) is 0.944. The van der Waals surface area contributed by atoms with E-state index in [1.165, 1.54) is 6.07 Å². The molecule has 0 atom stereocenters. The van der Waals surface area contributed by atoms with E-state index in [0.29, 0.717) is 0 Å². The summed E-state index contributed by atoms with van der Waals surface area (Å²) in [7, 11) is -3.89. The third kappa shape index (κ3) is 3.21. The van der Waals surface area contributed by atoms with Crippen LogP contribution in [0.25, 0.3) is 0 Å². The number of hydrogen-bond donors (Lipinski definition) is 1. The van der Waals surface area contributed by atoms with Crippen molar-refractivity contribution in [1.29, 1.82) is 0 Å². The summed E-state index contributed by atoms with van der Waals surface area (Å²) in [5.41, 5.74) is 0.0485. The molecule has 0 unspecified atom stereocenters. The highest BCUT2D eigenvalue weighted by Gasteiger charge is 2.15. The predicted octanol–water partition coefficient (Wildman–Crippen LogP) is 3.42. The molecule has 0 heterocycles. The maximum Gasteiger partial charge on any atom is 0.261 e. The minimum Gasteiger partial charge on any atom is -0.278 e. The summed E-state index contributed by atoms with van der Waals surface area (Å²) in [6.07, 6.45) is 0. The van der Waals surface area contributed by atoms with Gasteiger partial charge in [0.15, 0.2) is 0 Å². The highest BCUT2D eigenvalue weighted by atomic mass is 35.5. The molecular weight excluding hydrogens is 296 g/mol. The summed E-state index contributed by atoms with van der Waals surface area (Å²) in [4.78, 5) is -0.116. The van der Waals surface area contributed by atoms with Crippen molar-refractivity contribution in [2.45, 2.75) is 4.90 Å². The molecule has 100 valence electrons. The summed E-state index contributed by atoms with van der Waals surface area (Å²) in [5, 5.41) is -0.0642. The van der Waals surface area contributed by atoms with E-state index in [1.807, 2.05) is 0 Å². The maximum absolute atomic E-state index is 12.8. The first-order chi connectivity index (χ1) is 8.88. The van der Waals surface area contributed by atoms with Gasteiger partial charge in [0.1, 0.15) is 11.6 Å². The van der Waals surface area contributed by atoms with Crippen LogP contribution in [0.2, 0.25) is 5.02 Å². The van der Waals surface area contributed by atoms with Crippen LogP contribution in [0.15, 0.2) is 47.4 Å². The molecule has 0 bridgehead atoms. The van der Waals surface area contributed by atoms with Gasteiger partial charge in [0.05, 0.1) is 15.6 Å². The molecule has 2 aromatic rings. The zero-order chi connectivity index (χ0) is 14.0. The fraction of sp³-hybridized carbons (Fsp3) is 0. The number of benzene rings is 2. The Labute approximate surface area is 113 Å². The van der Waals surface area contributed by atoms with Gasteiger partial charge in [-0.1, -0.05) is 11.6 Å². The lowest BCUT2D eigenvalue weighted by Crippen LogP contribution is -2.13. The lowest BCUT2D eigenvalue weighted by molar-refractivity contribution is 0.599. The Morgan fingerprint density at radius 1 is 0.947 bits per heavy atom. The summed E-state index contributed by atoms with van der Waals surface area (Å²) >= 11 is 5.72. The molecule has 0 aliphatic carbocycles. The number of sulfonamides is 1. The van der Waals surface area contributed by atoms with E-state index < -0.39 is 21.7 Å². The van der Waals surface area contributed by atoms with Crippen LogP contribution in [-0.2, 0) is 10.0 Å². The largest absolute Gasteiger partial charge is 0.278 e. The topological polar surface area (TPSA) is 46.2 Å². The second kappa shape index (κ2) is 5.14. The first kappa shape index (κ1) is 13.8. The van der Waals surface area contributed by atoms with E-state index >= 15 is 0 Å². The van der Waals surface area contributed by atoms with Crippen LogP contribution in [0.4, 0.5) is 14.5 Å². The average Bonchev–Trinajstić information content (AvgIpc) is 2.33. The fourth-order valence-electron chi connectivity index (χ4n) is 1.39. The van der Waals surface area contributed by atoms with Gasteiger partial charge in [-0.15, -0.1) is 0 Å². The average molecular weight is 304 g/mol. The van der Waals surface area contributed by atoms with Crippen molar-refractivity contribution in [2.75, 3.05) is 4.72 Å². The van der Waals surface area contributed by atoms with Crippen molar-refractivity contribution >= 4 is 27.3 Å². The Kier molecular flexibility index (Phi) is 3.73. The zero-order valence-electron chi connectivity index (χ0n) is 9.40. The van der Waals surface area contributed by atoms with E-state index in [0.717, 1.165) is 36.4 Å². The molecule has 0 radical (unpaired) electrons. The number of nitrogens with one attached hydrogen (secondary N) is 1. The summed E-state index contributed by atoms with van der Waals surface area (Å²) in [5.74, 6) is -1.12. The van der Waals surface area contributed by atoms with Crippen molar-refractivity contribution in [1.82, 2.24) is 0 Å². The van der Waals surface area contributed by atoms with E-state index in [2.05, 4.69) is 4.72 Å². The number of hydrogen-bond acceptors (Lipinski definition) is 2. The van der Waals surface area contributed by atoms with E-state index in [4.69, 9.17) is 11.6 Å². The molecule has 0 spiro atoms. The number of rotatable bonds is 3. The Hall–Kier alpha value is -1.66. The molecule has 19 heavy (non-hydrogen) atoms. The third-order valence-corrected chi connectivity index (χ3v) is 3.99. The van der Waals surface area contributed by atoms with Crippen molar-refractivity contribution < 1.29 is 17.2 Å². The molecular formula is C12H8ClF2NO2S. The summed E-state index contributed by atoms with van der Waals surface area (Å²) < 4.78 is 51.7. The van der Waals surface area contributed by atoms with Gasteiger partial charge in [-0.2, -0.15) is 0 Å². The SMILES string of the molecule is O=S(=O)(Nc1ccc(F)cc1Cl)c1ccc(F)cc1. The Bertz CT molecular complexity index is 702. The lowest BCUT2D eigenvalue weighted by Gasteiger charge is -2.09. The van der Waals surface area contributed by atoms with Gasteiger partial charge < -0.3 is 0 Å². The molecule has 0 fully saturated rings. The Balaban J connectivity index is 2.33. The van der Waals surface area contributed by atoms with E-state index in [9.17, 15) is 17.2 Å². The van der Waals surface area contributed by atoms with Crippen molar-refractivity contribution in [2.24, 2.45) is 0 Å². The van der Waals surface area contributed by atoms with Crippen LogP contribution in [0.5, 0.6) is 0 Å². The number of halogens is 3. The van der Waals surface area contributed by atoms with Gasteiger partial charge in [0.2, 0.25) is 0 Å². The standard InChI is InChI=1S/C12H8ClF2NO2S/c13-11-7-9(15)3-6-12(11)16-19(17,18)10-4-1-8(14)2-5-10/h1-7,16H. The van der Waals surface area contributed by atoms with Gasteiger partial charge in [0, 0.05) is 0 Å². The monoisotopic (exact) mass is 303 g/mol. The molecule has 0 aromatic heterocycles. The molecule has 0 aliphatic rings. The molecule has 0 saturated carbocycles. The number of anilines is 1. The van der Waals surface area contributed by atoms with Crippen LogP contribution in [-0.4, -0.2) is 8.42 Å². The van der Waals surface area contributed by atoms with Crippen LogP contribution in [0, 0.1) is 11.6 Å². The minimum atomic E-state index is -3.89. The van der Waals surface area contributed by atoms with E-state index in [-0.39, 0.29) is 15.6 Å². The van der Waals surface area contributed by atoms with E-state index in [1.54, 1.807) is 0 Å². The summed E-state index contributed by atoms with van der Waals surface area (Å²) in [6, 6.07) is 7.57. The van der Waals surface area contributed by atoms with Gasteiger partial charge >= 0.3 is 0 Å². The maximum atomic E-state index is 12.8. The first-order valence-corrected chi connectivity index (χ1v) is 6.98. The van der Waals surface area contributed by atoms with Crippen LogP contribution in [0.1, 0.15) is 0 Å². The van der Waals surface area contributed by atoms with Crippen LogP contribution < -0.4 is 4.72 Å². The van der Waals surface area contributed by atoms with Crippen molar-refractivity contribution in [3.8, 4) is 0 Å². The highest BCUT2D eigenvalue weighted by Crippen LogP contribution is 2.25. The van der Waals surface area contributed by atoms with Gasteiger partial charge in [-0.3, -0.25) is 4.72 Å². The lowest BCUT2D eigenvalue weighted by atomic mass is 10.3. The fourth-order valence-corrected chi connectivity index (χ4v) is 2.74. The smallest absolute Gasteiger partial charge is 0.261 e. The Morgan fingerprint density at radius 2 is 1.53 bits per heavy atom. The molecule has 3 nitrogen and oxygen atoms in total. The van der Waals surface area contributed by atoms with Crippen molar-refractivity contribution in [3.63, 3.8) is 0 Å². The normalized spacial score (nSPS) is 11.3. The van der Waals surface area contributed by atoms with Gasteiger partial charge in [-0.25, -0.2) is 17.2 Å². The molecule has 7 heteroatoms. The summed E-state index contributed by atoms with van der Waals surface area (Å²) in [6.45, 7) is 0. The van der Waals surface area contributed by atoms with Crippen molar-refractivity contribution in [3.05, 3.63) is 59.1 Å². The highest BCUT2D eigenvalue weighted by molar-refractivity contribution is 7.92. The molecule has 2 aromatic carbocycles. The van der Waals surface area contributed by atoms with Crippen LogP contribution in [0.3, 0.4) is 0 Å². The molecule has 1 N–H and O–H groups in total. The minimum absolute atomic E-state index is 0.0485. The van der Waals surface area contributed by atoms with Crippen LogP contribution >= 0.6 is 11.6 Å². The molecule has 0 aliphatic heterocycles. The second-order valence-electron chi connectivity index (χ2n) is 3.68. The van der Waals surface area contributed by atoms with Gasteiger partial charge in [-0.05, 0) is 42.5 Å². The molecule has 0 amide bonds. The first-order valence-electron chi connectivity index (χ1n) is 5.12. The molecule has 0 saturated heterocycles.